The molecule has 1 fully saturated rings. The molecular formula is C12H22N2O5. The van der Waals surface area contributed by atoms with Crippen molar-refractivity contribution >= 4 is 12.0 Å². The molecule has 19 heavy (non-hydrogen) atoms. The molecule has 2 unspecified atom stereocenters. The molecule has 1 aliphatic heterocycles. The van der Waals surface area contributed by atoms with Crippen LogP contribution in [-0.2, 0) is 9.53 Å². The average molecular weight is 274 g/mol. The van der Waals surface area contributed by atoms with Crippen LogP contribution in [0.2, 0.25) is 0 Å². The monoisotopic (exact) mass is 274 g/mol. The molecule has 7 nitrogen and oxygen atoms in total. The minimum Gasteiger partial charge on any atom is -0.480 e. The van der Waals surface area contributed by atoms with Gasteiger partial charge in [-0.3, -0.25) is 0 Å². The number of nitrogens with zero attached hydrogens (tertiary/aromatic N) is 1. The van der Waals surface area contributed by atoms with Crippen molar-refractivity contribution in [1.29, 1.82) is 0 Å². The van der Waals surface area contributed by atoms with E-state index in [4.69, 9.17) is 9.84 Å². The number of nitrogens with one attached hydrogen (secondary N) is 1. The fourth-order valence-electron chi connectivity index (χ4n) is 2.05. The van der Waals surface area contributed by atoms with E-state index in [9.17, 15) is 14.7 Å². The number of carbonyl (C=O) groups is 2. The molecule has 0 radical (unpaired) electrons. The number of carbonyl (C=O) groups excluding carboxylic acids is 1. The summed E-state index contributed by atoms with van der Waals surface area (Å²) in [7, 11) is 1.54. The van der Waals surface area contributed by atoms with Gasteiger partial charge in [-0.2, -0.15) is 0 Å². The van der Waals surface area contributed by atoms with E-state index in [1.54, 1.807) is 14.0 Å². The van der Waals surface area contributed by atoms with Gasteiger partial charge in [0, 0.05) is 20.3 Å². The first kappa shape index (κ1) is 15.7. The van der Waals surface area contributed by atoms with Crippen LogP contribution in [0.5, 0.6) is 0 Å². The lowest BCUT2D eigenvalue weighted by Gasteiger charge is -2.22. The van der Waals surface area contributed by atoms with Crippen LogP contribution < -0.4 is 5.32 Å². The summed E-state index contributed by atoms with van der Waals surface area (Å²) in [6.07, 6.45) is 1.38. The first-order valence-electron chi connectivity index (χ1n) is 6.35. The van der Waals surface area contributed by atoms with Crippen molar-refractivity contribution in [2.75, 3.05) is 26.8 Å². The summed E-state index contributed by atoms with van der Waals surface area (Å²) in [4.78, 5) is 24.4. The molecule has 0 saturated carbocycles. The number of amides is 2. The number of rotatable bonds is 6. The maximum Gasteiger partial charge on any atom is 0.326 e. The summed E-state index contributed by atoms with van der Waals surface area (Å²) < 4.78 is 4.85. The molecule has 0 spiro atoms. The van der Waals surface area contributed by atoms with Crippen molar-refractivity contribution in [3.63, 3.8) is 0 Å². The number of β-amino-alcohol motifs (C(OH)–C–C–N with tert-alkyl or cyclic N) is 1. The van der Waals surface area contributed by atoms with Crippen molar-refractivity contribution in [3.05, 3.63) is 0 Å². The number of aliphatic hydroxyl groups is 1. The predicted octanol–water partition coefficient (Wildman–Crippen LogP) is 0.0325. The van der Waals surface area contributed by atoms with Gasteiger partial charge in [-0.1, -0.05) is 0 Å². The summed E-state index contributed by atoms with van der Waals surface area (Å²) in [6.45, 7) is 2.78. The van der Waals surface area contributed by atoms with Crippen LogP contribution in [0.4, 0.5) is 4.79 Å². The zero-order valence-electron chi connectivity index (χ0n) is 11.4. The number of urea groups is 1. The number of methoxy groups -OCH3 is 1. The molecule has 110 valence electrons. The second kappa shape index (κ2) is 6.72. The molecule has 0 aromatic carbocycles. The normalized spacial score (nSPS) is 24.3. The van der Waals surface area contributed by atoms with Gasteiger partial charge in [0.25, 0.3) is 0 Å². The van der Waals surface area contributed by atoms with E-state index in [-0.39, 0.29) is 6.54 Å². The second-order valence-corrected chi connectivity index (χ2v) is 5.14. The molecule has 0 aliphatic carbocycles. The fourth-order valence-corrected chi connectivity index (χ4v) is 2.05. The number of ether oxygens (including phenoxy) is 1. The Bertz CT molecular complexity index is 332. The Hall–Kier alpha value is -1.34. The number of hydrogen-bond donors (Lipinski definition) is 3. The quantitative estimate of drug-likeness (QED) is 0.594. The van der Waals surface area contributed by atoms with E-state index in [2.05, 4.69) is 5.32 Å². The lowest BCUT2D eigenvalue weighted by molar-refractivity contribution is -0.139. The van der Waals surface area contributed by atoms with Crippen molar-refractivity contribution < 1.29 is 24.5 Å². The van der Waals surface area contributed by atoms with E-state index >= 15 is 0 Å². The number of aliphatic carboxylic acids is 1. The highest BCUT2D eigenvalue weighted by Gasteiger charge is 2.35. The third kappa shape index (κ3) is 5.04. The van der Waals surface area contributed by atoms with E-state index in [0.717, 1.165) is 0 Å². The lowest BCUT2D eigenvalue weighted by Crippen LogP contribution is -2.48. The van der Waals surface area contributed by atoms with Crippen molar-refractivity contribution in [3.8, 4) is 0 Å². The summed E-state index contributed by atoms with van der Waals surface area (Å²) in [5.41, 5.74) is -0.883. The van der Waals surface area contributed by atoms with Crippen molar-refractivity contribution in [2.24, 2.45) is 0 Å². The van der Waals surface area contributed by atoms with E-state index < -0.39 is 23.6 Å². The van der Waals surface area contributed by atoms with Crippen molar-refractivity contribution in [2.45, 2.75) is 37.8 Å². The molecule has 2 amide bonds. The molecule has 1 heterocycles. The molecule has 1 aliphatic rings. The van der Waals surface area contributed by atoms with E-state index in [1.165, 1.54) is 4.90 Å². The van der Waals surface area contributed by atoms with E-state index in [1.807, 2.05) is 0 Å². The molecule has 1 rings (SSSR count). The van der Waals surface area contributed by atoms with Gasteiger partial charge in [0.05, 0.1) is 12.1 Å². The van der Waals surface area contributed by atoms with Crippen LogP contribution in [0.3, 0.4) is 0 Å². The highest BCUT2D eigenvalue weighted by molar-refractivity contribution is 5.82. The van der Waals surface area contributed by atoms with Crippen LogP contribution in [0.15, 0.2) is 0 Å². The molecule has 7 heteroatoms. The van der Waals surface area contributed by atoms with Crippen LogP contribution >= 0.6 is 0 Å². The maximum atomic E-state index is 11.9. The highest BCUT2D eigenvalue weighted by Crippen LogP contribution is 2.20. The first-order valence-corrected chi connectivity index (χ1v) is 6.35. The summed E-state index contributed by atoms with van der Waals surface area (Å²) in [5, 5.41) is 21.3. The van der Waals surface area contributed by atoms with Gasteiger partial charge in [-0.05, 0) is 26.2 Å². The Balaban J connectivity index is 2.45. The van der Waals surface area contributed by atoms with Gasteiger partial charge in [0.15, 0.2) is 0 Å². The topological polar surface area (TPSA) is 99.1 Å². The largest absolute Gasteiger partial charge is 0.480 e. The van der Waals surface area contributed by atoms with Crippen LogP contribution in [0.25, 0.3) is 0 Å². The van der Waals surface area contributed by atoms with Gasteiger partial charge in [0.1, 0.15) is 6.04 Å². The van der Waals surface area contributed by atoms with Crippen molar-refractivity contribution in [1.82, 2.24) is 10.2 Å². The van der Waals surface area contributed by atoms with Gasteiger partial charge < -0.3 is 25.2 Å². The maximum absolute atomic E-state index is 11.9. The highest BCUT2D eigenvalue weighted by atomic mass is 16.5. The van der Waals surface area contributed by atoms with Crippen LogP contribution in [0.1, 0.15) is 26.2 Å². The smallest absolute Gasteiger partial charge is 0.326 e. The van der Waals surface area contributed by atoms with Crippen LogP contribution in [-0.4, -0.2) is 65.6 Å². The standard InChI is InChI=1S/C12H22N2O5/c1-12(18)5-6-14(8-12)11(17)13-9(10(15)16)4-3-7-19-2/h9,18H,3-8H2,1-2H3,(H,13,17)(H,15,16). The minimum absolute atomic E-state index is 0.225. The second-order valence-electron chi connectivity index (χ2n) is 5.14. The van der Waals surface area contributed by atoms with Gasteiger partial charge in [0.2, 0.25) is 0 Å². The summed E-state index contributed by atoms with van der Waals surface area (Å²) in [5.74, 6) is -1.06. The number of likely N-dealkylation sites (tertiary alicyclic amines) is 1. The zero-order chi connectivity index (χ0) is 14.5. The fraction of sp³-hybridized carbons (Fsp3) is 0.833. The molecule has 0 aromatic heterocycles. The number of carboxylic acid groups (broad SMARTS) is 1. The molecule has 1 saturated heterocycles. The Labute approximate surface area is 112 Å². The Kier molecular flexibility index (Phi) is 5.56. The van der Waals surface area contributed by atoms with E-state index in [0.29, 0.717) is 32.4 Å². The lowest BCUT2D eigenvalue weighted by atomic mass is 10.1. The van der Waals surface area contributed by atoms with Gasteiger partial charge >= 0.3 is 12.0 Å². The number of carboxylic acids is 1. The molecule has 2 atom stereocenters. The third-order valence-corrected chi connectivity index (χ3v) is 3.18. The summed E-state index contributed by atoms with van der Waals surface area (Å²) >= 11 is 0. The first-order chi connectivity index (χ1) is 8.85. The van der Waals surface area contributed by atoms with Gasteiger partial charge in [-0.25, -0.2) is 9.59 Å². The SMILES string of the molecule is COCCCC(NC(=O)N1CCC(C)(O)C1)C(=O)O. The summed E-state index contributed by atoms with van der Waals surface area (Å²) in [6, 6.07) is -1.37. The molecular weight excluding hydrogens is 252 g/mol. The molecule has 3 N–H and O–H groups in total. The Morgan fingerprint density at radius 2 is 2.21 bits per heavy atom. The third-order valence-electron chi connectivity index (χ3n) is 3.18. The molecule has 0 bridgehead atoms. The molecule has 0 aromatic rings. The predicted molar refractivity (Wildman–Crippen MR) is 67.9 cm³/mol. The zero-order valence-corrected chi connectivity index (χ0v) is 11.4. The minimum atomic E-state index is -1.06. The van der Waals surface area contributed by atoms with Crippen LogP contribution in [0, 0.1) is 0 Å². The average Bonchev–Trinajstić information content (AvgIpc) is 2.68. The Morgan fingerprint density at radius 3 is 2.68 bits per heavy atom. The number of hydrogen-bond acceptors (Lipinski definition) is 4. The van der Waals surface area contributed by atoms with Gasteiger partial charge in [-0.15, -0.1) is 0 Å². The Morgan fingerprint density at radius 1 is 1.53 bits per heavy atom.